The first-order valence-corrected chi connectivity index (χ1v) is 10.3. The number of rotatable bonds is 7. The fraction of sp³-hybridized carbons (Fsp3) is 0.222. The van der Waals surface area contributed by atoms with E-state index in [1.165, 1.54) is 27.8 Å². The van der Waals surface area contributed by atoms with Crippen molar-refractivity contribution < 1.29 is 0 Å². The van der Waals surface area contributed by atoms with E-state index in [1.54, 1.807) is 0 Å². The molecule has 0 saturated heterocycles. The predicted octanol–water partition coefficient (Wildman–Crippen LogP) is 7.56. The zero-order valence-electron chi connectivity index (χ0n) is 17.0. The van der Waals surface area contributed by atoms with E-state index in [9.17, 15) is 0 Å². The van der Waals surface area contributed by atoms with Crippen LogP contribution >= 0.6 is 12.2 Å². The van der Waals surface area contributed by atoms with E-state index in [1.807, 2.05) is 6.92 Å². The zero-order chi connectivity index (χ0) is 20.1. The Labute approximate surface area is 174 Å². The van der Waals surface area contributed by atoms with E-state index >= 15 is 0 Å². The standard InChI is InChI=1S/C27H28S/c1-5-22-11-9-12-23(17-22)24-13-10-16-26(18-24)27(20(2)3,19-21(4)28)25-14-7-6-8-15-25/h6-18H,2,5,19H2,1,3-4H3. The summed E-state index contributed by atoms with van der Waals surface area (Å²) >= 11 is 5.58. The number of aryl methyl sites for hydroxylation is 1. The van der Waals surface area contributed by atoms with Crippen LogP contribution in [0.15, 0.2) is 91.0 Å². The number of thiocarbonyl (C=S) groups is 1. The summed E-state index contributed by atoms with van der Waals surface area (Å²) in [5.41, 5.74) is 7.13. The molecule has 0 aromatic heterocycles. The maximum absolute atomic E-state index is 5.58. The van der Waals surface area contributed by atoms with Gasteiger partial charge in [0.15, 0.2) is 0 Å². The monoisotopic (exact) mass is 384 g/mol. The summed E-state index contributed by atoms with van der Waals surface area (Å²) in [4.78, 5) is 0.991. The van der Waals surface area contributed by atoms with Crippen LogP contribution in [-0.4, -0.2) is 4.86 Å². The third-order valence-electron chi connectivity index (χ3n) is 5.53. The molecule has 1 heteroatoms. The third-order valence-corrected chi connectivity index (χ3v) is 5.68. The molecule has 0 aliphatic carbocycles. The second kappa shape index (κ2) is 8.67. The molecule has 0 spiro atoms. The molecule has 142 valence electrons. The summed E-state index contributed by atoms with van der Waals surface area (Å²) in [7, 11) is 0. The minimum Gasteiger partial charge on any atom is -0.0989 e. The molecule has 3 aromatic carbocycles. The van der Waals surface area contributed by atoms with Gasteiger partial charge in [-0.2, -0.15) is 0 Å². The second-order valence-electron chi connectivity index (χ2n) is 7.57. The van der Waals surface area contributed by atoms with Crippen LogP contribution in [0.5, 0.6) is 0 Å². The third kappa shape index (κ3) is 4.00. The molecule has 0 bridgehead atoms. The van der Waals surface area contributed by atoms with Gasteiger partial charge in [-0.3, -0.25) is 0 Å². The van der Waals surface area contributed by atoms with E-state index in [0.717, 1.165) is 23.3 Å². The predicted molar refractivity (Wildman–Crippen MR) is 126 cm³/mol. The van der Waals surface area contributed by atoms with Gasteiger partial charge in [0.05, 0.1) is 0 Å². The molecule has 0 nitrogen and oxygen atoms in total. The van der Waals surface area contributed by atoms with E-state index in [4.69, 9.17) is 12.2 Å². The molecule has 28 heavy (non-hydrogen) atoms. The lowest BCUT2D eigenvalue weighted by Gasteiger charge is -2.36. The first kappa shape index (κ1) is 20.2. The summed E-state index contributed by atoms with van der Waals surface area (Å²) in [6, 6.07) is 28.3. The average molecular weight is 385 g/mol. The Bertz CT molecular complexity index is 984. The highest BCUT2D eigenvalue weighted by Crippen LogP contribution is 2.43. The molecule has 0 radical (unpaired) electrons. The van der Waals surface area contributed by atoms with Gasteiger partial charge in [-0.15, -0.1) is 0 Å². The summed E-state index contributed by atoms with van der Waals surface area (Å²) in [5.74, 6) is 0. The number of hydrogen-bond donors (Lipinski definition) is 0. The second-order valence-corrected chi connectivity index (χ2v) is 8.26. The molecule has 0 N–H and O–H groups in total. The molecule has 3 rings (SSSR count). The van der Waals surface area contributed by atoms with Crippen LogP contribution in [0.25, 0.3) is 11.1 Å². The molecule has 3 aromatic rings. The van der Waals surface area contributed by atoms with E-state index in [-0.39, 0.29) is 5.41 Å². The minimum absolute atomic E-state index is 0.314. The van der Waals surface area contributed by atoms with Crippen LogP contribution in [0, 0.1) is 0 Å². The van der Waals surface area contributed by atoms with Crippen molar-refractivity contribution >= 4 is 17.1 Å². The topological polar surface area (TPSA) is 0 Å². The largest absolute Gasteiger partial charge is 0.0989 e. The SMILES string of the molecule is C=C(C)C(CC(C)=S)(c1ccccc1)c1cccc(-c2cccc(CC)c2)c1. The molecule has 1 atom stereocenters. The summed E-state index contributed by atoms with van der Waals surface area (Å²) < 4.78 is 0. The lowest BCUT2D eigenvalue weighted by molar-refractivity contribution is 0.634. The van der Waals surface area contributed by atoms with E-state index in [0.29, 0.717) is 0 Å². The van der Waals surface area contributed by atoms with Gasteiger partial charge in [0.2, 0.25) is 0 Å². The van der Waals surface area contributed by atoms with Gasteiger partial charge < -0.3 is 0 Å². The van der Waals surface area contributed by atoms with Gasteiger partial charge in [0.1, 0.15) is 0 Å². The van der Waals surface area contributed by atoms with Crippen molar-refractivity contribution in [2.45, 2.75) is 39.0 Å². The van der Waals surface area contributed by atoms with Crippen LogP contribution < -0.4 is 0 Å². The molecular weight excluding hydrogens is 356 g/mol. The van der Waals surface area contributed by atoms with Gasteiger partial charge in [-0.25, -0.2) is 0 Å². The molecule has 0 amide bonds. The summed E-state index contributed by atoms with van der Waals surface area (Å²) in [6.07, 6.45) is 1.82. The highest BCUT2D eigenvalue weighted by molar-refractivity contribution is 7.80. The molecule has 0 saturated carbocycles. The Morgan fingerprint density at radius 1 is 0.821 bits per heavy atom. The highest BCUT2D eigenvalue weighted by atomic mass is 32.1. The number of allylic oxidation sites excluding steroid dienone is 1. The number of hydrogen-bond acceptors (Lipinski definition) is 1. The van der Waals surface area contributed by atoms with Crippen molar-refractivity contribution in [2.24, 2.45) is 0 Å². The van der Waals surface area contributed by atoms with Crippen molar-refractivity contribution in [3.63, 3.8) is 0 Å². The molecule has 0 aliphatic rings. The van der Waals surface area contributed by atoms with Crippen molar-refractivity contribution in [1.29, 1.82) is 0 Å². The molecule has 0 aliphatic heterocycles. The van der Waals surface area contributed by atoms with E-state index < -0.39 is 0 Å². The van der Waals surface area contributed by atoms with Gasteiger partial charge >= 0.3 is 0 Å². The highest BCUT2D eigenvalue weighted by Gasteiger charge is 2.35. The van der Waals surface area contributed by atoms with Gasteiger partial charge in [0.25, 0.3) is 0 Å². The fourth-order valence-electron chi connectivity index (χ4n) is 4.05. The maximum Gasteiger partial charge on any atom is 0.0451 e. The Morgan fingerprint density at radius 3 is 2.04 bits per heavy atom. The Balaban J connectivity index is 2.21. The molecule has 0 fully saturated rings. The smallest absolute Gasteiger partial charge is 0.0451 e. The van der Waals surface area contributed by atoms with Crippen LogP contribution in [0.3, 0.4) is 0 Å². The van der Waals surface area contributed by atoms with Crippen molar-refractivity contribution in [3.05, 3.63) is 108 Å². The molecule has 1 unspecified atom stereocenters. The molecular formula is C27H28S. The van der Waals surface area contributed by atoms with Crippen LogP contribution in [0.1, 0.15) is 43.9 Å². The van der Waals surface area contributed by atoms with Crippen LogP contribution in [-0.2, 0) is 11.8 Å². The van der Waals surface area contributed by atoms with Crippen LogP contribution in [0.4, 0.5) is 0 Å². The average Bonchev–Trinajstić information content (AvgIpc) is 2.72. The summed E-state index contributed by atoms with van der Waals surface area (Å²) in [5, 5.41) is 0. The first-order valence-electron chi connectivity index (χ1n) is 9.88. The maximum atomic E-state index is 5.58. The first-order chi connectivity index (χ1) is 13.5. The lowest BCUT2D eigenvalue weighted by atomic mass is 9.67. The van der Waals surface area contributed by atoms with Crippen molar-refractivity contribution in [3.8, 4) is 11.1 Å². The zero-order valence-corrected chi connectivity index (χ0v) is 17.9. The summed E-state index contributed by atoms with van der Waals surface area (Å²) in [6.45, 7) is 10.8. The van der Waals surface area contributed by atoms with E-state index in [2.05, 4.69) is 99.3 Å². The Hall–Kier alpha value is -2.51. The van der Waals surface area contributed by atoms with Gasteiger partial charge in [-0.05, 0) is 65.4 Å². The van der Waals surface area contributed by atoms with Gasteiger partial charge in [0, 0.05) is 5.41 Å². The van der Waals surface area contributed by atoms with Crippen molar-refractivity contribution in [1.82, 2.24) is 0 Å². The molecule has 0 heterocycles. The fourth-order valence-corrected chi connectivity index (χ4v) is 4.26. The number of benzene rings is 3. The Morgan fingerprint density at radius 2 is 1.43 bits per heavy atom. The minimum atomic E-state index is -0.314. The van der Waals surface area contributed by atoms with Gasteiger partial charge in [-0.1, -0.05) is 104 Å². The van der Waals surface area contributed by atoms with Crippen molar-refractivity contribution in [2.75, 3.05) is 0 Å². The lowest BCUT2D eigenvalue weighted by Crippen LogP contribution is -2.31. The Kier molecular flexibility index (Phi) is 6.26. The normalized spacial score (nSPS) is 13.0. The van der Waals surface area contributed by atoms with Crippen LogP contribution in [0.2, 0.25) is 0 Å². The quantitative estimate of drug-likeness (QED) is 0.299.